The number of hydrogen-bond donors (Lipinski definition) is 1. The molecule has 1 aromatic heterocycles. The van der Waals surface area contributed by atoms with Crippen molar-refractivity contribution in [2.45, 2.75) is 39.7 Å². The fourth-order valence-corrected chi connectivity index (χ4v) is 5.23. The number of halogens is 4. The fraction of sp³-hybridized carbons (Fsp3) is 0.233. The number of hydrogen-bond acceptors (Lipinski definition) is 7. The highest BCUT2D eigenvalue weighted by Gasteiger charge is 2.33. The molecule has 4 aromatic rings. The van der Waals surface area contributed by atoms with Crippen molar-refractivity contribution < 1.29 is 36.6 Å². The summed E-state index contributed by atoms with van der Waals surface area (Å²) in [5.41, 5.74) is 2.83. The molecule has 3 amide bonds. The highest BCUT2D eigenvalue weighted by atomic mass is 32.2. The molecular formula is C30H26F4N6O4S. The molecule has 0 atom stereocenters. The van der Waals surface area contributed by atoms with Crippen LogP contribution in [-0.4, -0.2) is 44.0 Å². The summed E-state index contributed by atoms with van der Waals surface area (Å²) < 4.78 is 62.7. The van der Waals surface area contributed by atoms with Crippen molar-refractivity contribution in [2.24, 2.45) is 4.99 Å². The third kappa shape index (κ3) is 7.78. The second-order valence-corrected chi connectivity index (χ2v) is 11.1. The maximum absolute atomic E-state index is 14.9. The molecule has 1 aliphatic rings. The lowest BCUT2D eigenvalue weighted by atomic mass is 9.99. The van der Waals surface area contributed by atoms with Crippen LogP contribution in [0.25, 0.3) is 5.69 Å². The second-order valence-electron chi connectivity index (χ2n) is 10.1. The highest BCUT2D eigenvalue weighted by molar-refractivity contribution is 8.15. The van der Waals surface area contributed by atoms with Gasteiger partial charge in [0.1, 0.15) is 30.3 Å². The molecule has 0 spiro atoms. The molecule has 1 N–H and O–H groups in total. The molecule has 0 radical (unpaired) electrons. The van der Waals surface area contributed by atoms with Crippen molar-refractivity contribution in [1.82, 2.24) is 14.8 Å². The average Bonchev–Trinajstić information content (AvgIpc) is 3.59. The van der Waals surface area contributed by atoms with Gasteiger partial charge in [-0.05, 0) is 66.4 Å². The Bertz CT molecular complexity index is 1760. The Morgan fingerprint density at radius 1 is 1.09 bits per heavy atom. The number of nitrogens with zero attached hydrogens (tertiary/aromatic N) is 5. The van der Waals surface area contributed by atoms with Gasteiger partial charge in [-0.25, -0.2) is 18.9 Å². The minimum atomic E-state index is -4.80. The maximum atomic E-state index is 14.9. The minimum Gasteiger partial charge on any atom is -0.485 e. The molecule has 0 aliphatic carbocycles. The standard InChI is InChI=1S/C30H26F4N6O4S/c1-17(2)22-10-4-18(3)12-25(22)40-27(41)15-45-29(40)37-28(42)36-24-11-9-21(13-23(24)31)43-14-26-35-16-39(38-26)19-5-7-20(8-6-19)44-30(32,33)34/h4-13,16-17H,14-15H2,1-3H3,(H,36,42)/b37-29-. The number of thioether (sulfide) groups is 1. The molecule has 1 fully saturated rings. The van der Waals surface area contributed by atoms with E-state index in [4.69, 9.17) is 4.74 Å². The first-order valence-corrected chi connectivity index (χ1v) is 14.5. The first-order valence-electron chi connectivity index (χ1n) is 13.5. The molecule has 0 unspecified atom stereocenters. The van der Waals surface area contributed by atoms with E-state index in [9.17, 15) is 27.2 Å². The molecule has 5 rings (SSSR count). The van der Waals surface area contributed by atoms with Crippen LogP contribution in [0.15, 0.2) is 72.0 Å². The van der Waals surface area contributed by atoms with Crippen molar-refractivity contribution >= 4 is 40.2 Å². The number of rotatable bonds is 8. The minimum absolute atomic E-state index is 0.119. The molecule has 2 heterocycles. The summed E-state index contributed by atoms with van der Waals surface area (Å²) in [5.74, 6) is -0.770. The van der Waals surface area contributed by atoms with Gasteiger partial charge in [-0.2, -0.15) is 4.99 Å². The third-order valence-corrected chi connectivity index (χ3v) is 7.36. The number of aryl methyl sites for hydroxylation is 1. The Hall–Kier alpha value is -4.92. The zero-order valence-corrected chi connectivity index (χ0v) is 24.9. The van der Waals surface area contributed by atoms with E-state index in [0.717, 1.165) is 41.1 Å². The summed E-state index contributed by atoms with van der Waals surface area (Å²) in [6, 6.07) is 13.8. The zero-order valence-electron chi connectivity index (χ0n) is 24.1. The molecule has 0 saturated carbocycles. The van der Waals surface area contributed by atoms with Crippen molar-refractivity contribution in [3.63, 3.8) is 0 Å². The Kier molecular flexibility index (Phi) is 9.09. The summed E-state index contributed by atoms with van der Waals surface area (Å²) in [4.78, 5) is 35.1. The van der Waals surface area contributed by atoms with Crippen LogP contribution in [0.5, 0.6) is 11.5 Å². The van der Waals surface area contributed by atoms with Gasteiger partial charge in [0, 0.05) is 6.07 Å². The molecule has 234 valence electrons. The van der Waals surface area contributed by atoms with Gasteiger partial charge in [0.05, 0.1) is 22.8 Å². The highest BCUT2D eigenvalue weighted by Crippen LogP contribution is 2.34. The summed E-state index contributed by atoms with van der Waals surface area (Å²) in [7, 11) is 0. The number of ether oxygens (including phenoxy) is 2. The summed E-state index contributed by atoms with van der Waals surface area (Å²) in [6.07, 6.45) is -3.45. The molecule has 45 heavy (non-hydrogen) atoms. The number of aromatic nitrogens is 3. The Balaban J connectivity index is 1.21. The Labute approximate surface area is 259 Å². The predicted molar refractivity (Wildman–Crippen MR) is 160 cm³/mol. The van der Waals surface area contributed by atoms with Crippen molar-refractivity contribution in [1.29, 1.82) is 0 Å². The van der Waals surface area contributed by atoms with Crippen LogP contribution in [0.3, 0.4) is 0 Å². The Morgan fingerprint density at radius 3 is 2.51 bits per heavy atom. The fourth-order valence-electron chi connectivity index (χ4n) is 4.37. The van der Waals surface area contributed by atoms with Gasteiger partial charge in [0.2, 0.25) is 5.91 Å². The number of amides is 3. The first kappa shape index (κ1) is 31.5. The molecule has 15 heteroatoms. The van der Waals surface area contributed by atoms with Crippen LogP contribution >= 0.6 is 11.8 Å². The topological polar surface area (TPSA) is 111 Å². The van der Waals surface area contributed by atoms with Crippen LogP contribution < -0.4 is 19.7 Å². The number of anilines is 2. The molecule has 10 nitrogen and oxygen atoms in total. The zero-order chi connectivity index (χ0) is 32.3. The van der Waals surface area contributed by atoms with E-state index in [1.807, 2.05) is 39.0 Å². The van der Waals surface area contributed by atoms with Gasteiger partial charge in [0.25, 0.3) is 0 Å². The lowest BCUT2D eigenvalue weighted by Crippen LogP contribution is -2.31. The van der Waals surface area contributed by atoms with E-state index < -0.39 is 18.2 Å². The van der Waals surface area contributed by atoms with E-state index in [1.165, 1.54) is 40.2 Å². The number of amidine groups is 1. The maximum Gasteiger partial charge on any atom is 0.573 e. The van der Waals surface area contributed by atoms with Crippen LogP contribution in [0.2, 0.25) is 0 Å². The molecule has 1 aliphatic heterocycles. The predicted octanol–water partition coefficient (Wildman–Crippen LogP) is 6.98. The molecule has 1 saturated heterocycles. The molecule has 3 aromatic carbocycles. The van der Waals surface area contributed by atoms with E-state index in [2.05, 4.69) is 25.1 Å². The van der Waals surface area contributed by atoms with Crippen LogP contribution in [0.1, 0.15) is 36.7 Å². The van der Waals surface area contributed by atoms with Gasteiger partial charge in [0.15, 0.2) is 11.0 Å². The van der Waals surface area contributed by atoms with Crippen molar-refractivity contribution in [3.8, 4) is 17.2 Å². The van der Waals surface area contributed by atoms with Crippen LogP contribution in [-0.2, 0) is 11.4 Å². The van der Waals surface area contributed by atoms with Gasteiger partial charge < -0.3 is 14.8 Å². The number of aliphatic imine (C=N–C) groups is 1. The number of carbonyl (C=O) groups excluding carboxylic acids is 2. The van der Waals surface area contributed by atoms with Crippen molar-refractivity contribution in [2.75, 3.05) is 16.0 Å². The quantitative estimate of drug-likeness (QED) is 0.207. The summed E-state index contributed by atoms with van der Waals surface area (Å²) in [6.45, 7) is 5.79. The van der Waals surface area contributed by atoms with Crippen molar-refractivity contribution in [3.05, 3.63) is 89.8 Å². The lowest BCUT2D eigenvalue weighted by Gasteiger charge is -2.22. The van der Waals surface area contributed by atoms with E-state index >= 15 is 0 Å². The van der Waals surface area contributed by atoms with E-state index in [-0.39, 0.29) is 52.4 Å². The number of urea groups is 1. The van der Waals surface area contributed by atoms with Gasteiger partial charge >= 0.3 is 12.4 Å². The smallest absolute Gasteiger partial charge is 0.485 e. The largest absolute Gasteiger partial charge is 0.573 e. The Morgan fingerprint density at radius 2 is 1.82 bits per heavy atom. The van der Waals surface area contributed by atoms with E-state index in [1.54, 1.807) is 0 Å². The average molecular weight is 643 g/mol. The van der Waals surface area contributed by atoms with E-state index in [0.29, 0.717) is 11.4 Å². The molecular weight excluding hydrogens is 616 g/mol. The summed E-state index contributed by atoms with van der Waals surface area (Å²) in [5, 5.41) is 6.80. The number of carbonyl (C=O) groups is 2. The number of nitrogens with one attached hydrogen (secondary N) is 1. The third-order valence-electron chi connectivity index (χ3n) is 6.44. The number of benzene rings is 3. The van der Waals surface area contributed by atoms with Gasteiger partial charge in [-0.1, -0.05) is 37.7 Å². The van der Waals surface area contributed by atoms with Crippen LogP contribution in [0.4, 0.5) is 33.7 Å². The SMILES string of the molecule is Cc1ccc(C(C)C)c(N2C(=O)CS/C2=N\C(=O)Nc2ccc(OCc3ncn(-c4ccc(OC(F)(F)F)cc4)n3)cc2F)c1. The van der Waals surface area contributed by atoms with Crippen LogP contribution in [0, 0.1) is 12.7 Å². The van der Waals surface area contributed by atoms with Gasteiger partial charge in [-0.3, -0.25) is 9.69 Å². The number of alkyl halides is 3. The molecule has 0 bridgehead atoms. The normalized spacial score (nSPS) is 14.4. The summed E-state index contributed by atoms with van der Waals surface area (Å²) >= 11 is 1.12. The lowest BCUT2D eigenvalue weighted by molar-refractivity contribution is -0.274. The van der Waals surface area contributed by atoms with Gasteiger partial charge in [-0.15, -0.1) is 18.3 Å². The monoisotopic (exact) mass is 642 g/mol. The second kappa shape index (κ2) is 13.0. The first-order chi connectivity index (χ1) is 21.4.